The van der Waals surface area contributed by atoms with Crippen LogP contribution in [0.1, 0.15) is 17.2 Å². The molecule has 0 radical (unpaired) electrons. The van der Waals surface area contributed by atoms with E-state index < -0.39 is 23.4 Å². The number of hydrogen-bond acceptors (Lipinski definition) is 3. The molecule has 0 spiro atoms. The average Bonchev–Trinajstić information content (AvgIpc) is 2.59. The lowest BCUT2D eigenvalue weighted by molar-refractivity contribution is -0.141. The first-order chi connectivity index (χ1) is 7.52. The summed E-state index contributed by atoms with van der Waals surface area (Å²) in [5.41, 5.74) is -0.464. The number of nitrogens with one attached hydrogen (secondary N) is 2. The molecule has 1 aliphatic rings. The van der Waals surface area contributed by atoms with E-state index in [2.05, 4.69) is 10.2 Å². The molecule has 0 saturated heterocycles. The highest BCUT2D eigenvalue weighted by Crippen LogP contribution is 2.29. The normalized spacial score (nSPS) is 18.8. The Hall–Kier alpha value is -2.31. The SMILES string of the molecule is O=C(O)C1=CCc2[nH][nH]c(=O)c2C1C(=O)O. The third-order valence-electron chi connectivity index (χ3n) is 2.52. The van der Waals surface area contributed by atoms with Crippen molar-refractivity contribution in [2.24, 2.45) is 0 Å². The Bertz CT molecular complexity index is 550. The Morgan fingerprint density at radius 1 is 1.31 bits per heavy atom. The zero-order valence-electron chi connectivity index (χ0n) is 7.98. The topological polar surface area (TPSA) is 123 Å². The standard InChI is InChI=1S/C9H8N2O5/c12-7-6-4(10-11-7)2-1-3(8(13)14)5(6)9(15)16/h1,5H,2H2,(H,13,14)(H,15,16)(H2,10,11,12). The highest BCUT2D eigenvalue weighted by Gasteiger charge is 2.36. The van der Waals surface area contributed by atoms with Gasteiger partial charge in [0.25, 0.3) is 5.56 Å². The molecule has 0 fully saturated rings. The summed E-state index contributed by atoms with van der Waals surface area (Å²) in [5.74, 6) is -4.07. The number of carbonyl (C=O) groups is 2. The van der Waals surface area contributed by atoms with Crippen LogP contribution in [0, 0.1) is 0 Å². The average molecular weight is 224 g/mol. The van der Waals surface area contributed by atoms with E-state index in [0.29, 0.717) is 5.69 Å². The Labute approximate surface area is 88.4 Å². The van der Waals surface area contributed by atoms with Crippen LogP contribution in [0.5, 0.6) is 0 Å². The van der Waals surface area contributed by atoms with Crippen LogP contribution in [0.3, 0.4) is 0 Å². The fourth-order valence-electron chi connectivity index (χ4n) is 1.82. The van der Waals surface area contributed by atoms with E-state index in [9.17, 15) is 14.4 Å². The predicted octanol–water partition coefficient (Wildman–Crippen LogP) is -0.562. The molecule has 0 aliphatic heterocycles. The summed E-state index contributed by atoms with van der Waals surface area (Å²) in [5, 5.41) is 22.6. The second-order valence-electron chi connectivity index (χ2n) is 3.41. The number of aromatic nitrogens is 2. The third kappa shape index (κ3) is 1.33. The minimum atomic E-state index is -1.41. The van der Waals surface area contributed by atoms with E-state index in [4.69, 9.17) is 10.2 Å². The fourth-order valence-corrected chi connectivity index (χ4v) is 1.82. The number of allylic oxidation sites excluding steroid dienone is 1. The van der Waals surface area contributed by atoms with Gasteiger partial charge >= 0.3 is 11.9 Å². The predicted molar refractivity (Wildman–Crippen MR) is 51.2 cm³/mol. The lowest BCUT2D eigenvalue weighted by Gasteiger charge is -2.16. The molecule has 7 nitrogen and oxygen atoms in total. The molecule has 1 aromatic rings. The van der Waals surface area contributed by atoms with Crippen molar-refractivity contribution in [3.05, 3.63) is 33.3 Å². The summed E-state index contributed by atoms with van der Waals surface area (Å²) >= 11 is 0. The molecule has 1 heterocycles. The number of carboxylic acid groups (broad SMARTS) is 2. The van der Waals surface area contributed by atoms with E-state index in [1.807, 2.05) is 0 Å². The van der Waals surface area contributed by atoms with Gasteiger partial charge in [-0.15, -0.1) is 0 Å². The Morgan fingerprint density at radius 3 is 2.56 bits per heavy atom. The van der Waals surface area contributed by atoms with Gasteiger partial charge in [-0.05, 0) is 0 Å². The second kappa shape index (κ2) is 3.37. The number of aromatic amines is 2. The van der Waals surface area contributed by atoms with Crippen molar-refractivity contribution in [3.63, 3.8) is 0 Å². The summed E-state index contributed by atoms with van der Waals surface area (Å²) in [6.45, 7) is 0. The van der Waals surface area contributed by atoms with E-state index in [-0.39, 0.29) is 17.6 Å². The number of carboxylic acids is 2. The number of H-pyrrole nitrogens is 2. The van der Waals surface area contributed by atoms with Gasteiger partial charge in [0.2, 0.25) is 0 Å². The van der Waals surface area contributed by atoms with Gasteiger partial charge in [-0.1, -0.05) is 6.08 Å². The number of rotatable bonds is 2. The molecule has 1 aromatic heterocycles. The van der Waals surface area contributed by atoms with E-state index in [0.717, 1.165) is 0 Å². The fraction of sp³-hybridized carbons (Fsp3) is 0.222. The maximum atomic E-state index is 11.4. The maximum absolute atomic E-state index is 11.4. The van der Waals surface area contributed by atoms with Crippen LogP contribution in [0.25, 0.3) is 0 Å². The molecule has 84 valence electrons. The first-order valence-electron chi connectivity index (χ1n) is 4.48. The van der Waals surface area contributed by atoms with Gasteiger partial charge in [-0.25, -0.2) is 4.79 Å². The summed E-state index contributed by atoms with van der Waals surface area (Å²) < 4.78 is 0. The van der Waals surface area contributed by atoms with Crippen molar-refractivity contribution < 1.29 is 19.8 Å². The minimum absolute atomic E-state index is 0.0209. The molecule has 0 aromatic carbocycles. The summed E-state index contributed by atoms with van der Waals surface area (Å²) in [4.78, 5) is 33.2. The van der Waals surface area contributed by atoms with Crippen LogP contribution in [0.2, 0.25) is 0 Å². The Balaban J connectivity index is 2.62. The number of aliphatic carboxylic acids is 2. The van der Waals surface area contributed by atoms with Gasteiger partial charge in [-0.2, -0.15) is 0 Å². The van der Waals surface area contributed by atoms with E-state index in [1.165, 1.54) is 6.08 Å². The van der Waals surface area contributed by atoms with Gasteiger partial charge in [0, 0.05) is 12.1 Å². The molecule has 0 saturated carbocycles. The van der Waals surface area contributed by atoms with Crippen molar-refractivity contribution >= 4 is 11.9 Å². The molecule has 1 aliphatic carbocycles. The largest absolute Gasteiger partial charge is 0.481 e. The summed E-state index contributed by atoms with van der Waals surface area (Å²) in [6.07, 6.45) is 1.51. The van der Waals surface area contributed by atoms with Gasteiger partial charge in [0.15, 0.2) is 0 Å². The molecule has 0 bridgehead atoms. The summed E-state index contributed by atoms with van der Waals surface area (Å²) in [6, 6.07) is 0. The van der Waals surface area contributed by atoms with Gasteiger partial charge in [0.1, 0.15) is 5.92 Å². The molecule has 2 rings (SSSR count). The van der Waals surface area contributed by atoms with E-state index in [1.54, 1.807) is 0 Å². The Morgan fingerprint density at radius 2 is 2.00 bits per heavy atom. The van der Waals surface area contributed by atoms with Crippen molar-refractivity contribution in [2.75, 3.05) is 0 Å². The quantitative estimate of drug-likeness (QED) is 0.536. The monoisotopic (exact) mass is 224 g/mol. The number of hydrogen-bond donors (Lipinski definition) is 4. The minimum Gasteiger partial charge on any atom is -0.481 e. The van der Waals surface area contributed by atoms with Crippen LogP contribution < -0.4 is 5.56 Å². The van der Waals surface area contributed by atoms with Gasteiger partial charge < -0.3 is 15.3 Å². The zero-order valence-corrected chi connectivity index (χ0v) is 7.98. The molecule has 16 heavy (non-hydrogen) atoms. The highest BCUT2D eigenvalue weighted by atomic mass is 16.4. The van der Waals surface area contributed by atoms with Crippen LogP contribution in [0.15, 0.2) is 16.4 Å². The lowest BCUT2D eigenvalue weighted by Crippen LogP contribution is -2.27. The van der Waals surface area contributed by atoms with Crippen LogP contribution in [-0.4, -0.2) is 32.3 Å². The summed E-state index contributed by atoms with van der Waals surface area (Å²) in [7, 11) is 0. The molecular weight excluding hydrogens is 216 g/mol. The molecule has 7 heteroatoms. The maximum Gasteiger partial charge on any atom is 0.332 e. The molecular formula is C9H8N2O5. The van der Waals surface area contributed by atoms with Crippen molar-refractivity contribution in [3.8, 4) is 0 Å². The molecule has 1 atom stereocenters. The van der Waals surface area contributed by atoms with Crippen molar-refractivity contribution in [2.45, 2.75) is 12.3 Å². The van der Waals surface area contributed by atoms with E-state index >= 15 is 0 Å². The second-order valence-corrected chi connectivity index (χ2v) is 3.41. The molecule has 4 N–H and O–H groups in total. The third-order valence-corrected chi connectivity index (χ3v) is 2.52. The zero-order chi connectivity index (χ0) is 11.9. The van der Waals surface area contributed by atoms with Crippen LogP contribution >= 0.6 is 0 Å². The first-order valence-corrected chi connectivity index (χ1v) is 4.48. The van der Waals surface area contributed by atoms with Crippen molar-refractivity contribution in [1.29, 1.82) is 0 Å². The number of fused-ring (bicyclic) bond motifs is 1. The van der Waals surface area contributed by atoms with Crippen LogP contribution in [0.4, 0.5) is 0 Å². The van der Waals surface area contributed by atoms with Crippen LogP contribution in [-0.2, 0) is 16.0 Å². The molecule has 1 unspecified atom stereocenters. The highest BCUT2D eigenvalue weighted by molar-refractivity contribution is 5.97. The smallest absolute Gasteiger partial charge is 0.332 e. The Kier molecular flexibility index (Phi) is 2.15. The first kappa shape index (κ1) is 10.2. The molecule has 0 amide bonds. The van der Waals surface area contributed by atoms with Gasteiger partial charge in [-0.3, -0.25) is 14.7 Å². The van der Waals surface area contributed by atoms with Gasteiger partial charge in [0.05, 0.1) is 11.1 Å². The van der Waals surface area contributed by atoms with Crippen molar-refractivity contribution in [1.82, 2.24) is 10.2 Å². The lowest BCUT2D eigenvalue weighted by atomic mass is 9.85.